The summed E-state index contributed by atoms with van der Waals surface area (Å²) in [6.07, 6.45) is 0.902. The molecule has 0 spiro atoms. The second-order valence-electron chi connectivity index (χ2n) is 3.88. The normalized spacial score (nSPS) is 14.9. The predicted molar refractivity (Wildman–Crippen MR) is 58.4 cm³/mol. The maximum atomic E-state index is 5.72. The van der Waals surface area contributed by atoms with Gasteiger partial charge in [-0.3, -0.25) is 0 Å². The first-order valence-electron chi connectivity index (χ1n) is 4.91. The second kappa shape index (κ2) is 6.01. The largest absolute Gasteiger partial charge is 0.329 e. The highest BCUT2D eigenvalue weighted by atomic mass is 15.0. The molecule has 76 valence electrons. The van der Waals surface area contributed by atoms with Gasteiger partial charge in [-0.2, -0.15) is 0 Å². The Bertz CT molecular complexity index is 188. The van der Waals surface area contributed by atoms with Crippen LogP contribution in [-0.2, 0) is 0 Å². The van der Waals surface area contributed by atoms with Crippen LogP contribution in [-0.4, -0.2) is 18.6 Å². The molecule has 3 N–H and O–H groups in total. The summed E-state index contributed by atoms with van der Waals surface area (Å²) in [4.78, 5) is 0. The van der Waals surface area contributed by atoms with Crippen LogP contribution < -0.4 is 11.1 Å². The van der Waals surface area contributed by atoms with Crippen LogP contribution >= 0.6 is 0 Å². The summed E-state index contributed by atoms with van der Waals surface area (Å²) in [6.45, 7) is 10.00. The molecule has 0 aliphatic carbocycles. The third-order valence-electron chi connectivity index (χ3n) is 2.65. The summed E-state index contributed by atoms with van der Waals surface area (Å²) in [6, 6.07) is 0. The average molecular weight is 182 g/mol. The maximum absolute atomic E-state index is 5.72. The van der Waals surface area contributed by atoms with E-state index in [0.717, 1.165) is 13.0 Å². The topological polar surface area (TPSA) is 38.0 Å². The van der Waals surface area contributed by atoms with Crippen molar-refractivity contribution in [3.05, 3.63) is 0 Å². The molecule has 0 bridgehead atoms. The summed E-state index contributed by atoms with van der Waals surface area (Å²) >= 11 is 0. The van der Waals surface area contributed by atoms with Gasteiger partial charge in [0.25, 0.3) is 0 Å². The molecule has 0 aromatic rings. The van der Waals surface area contributed by atoms with Crippen molar-refractivity contribution >= 4 is 0 Å². The lowest BCUT2D eigenvalue weighted by Gasteiger charge is -2.33. The molecule has 0 aliphatic rings. The van der Waals surface area contributed by atoms with Gasteiger partial charge >= 0.3 is 0 Å². The van der Waals surface area contributed by atoms with E-state index < -0.39 is 0 Å². The van der Waals surface area contributed by atoms with Crippen molar-refractivity contribution in [2.45, 2.75) is 39.7 Å². The van der Waals surface area contributed by atoms with Crippen LogP contribution in [0.15, 0.2) is 0 Å². The van der Waals surface area contributed by atoms with Crippen LogP contribution in [0.2, 0.25) is 0 Å². The third-order valence-corrected chi connectivity index (χ3v) is 2.65. The fourth-order valence-electron chi connectivity index (χ4n) is 1.05. The lowest BCUT2D eigenvalue weighted by atomic mass is 9.88. The van der Waals surface area contributed by atoms with Crippen molar-refractivity contribution in [2.75, 3.05) is 13.1 Å². The van der Waals surface area contributed by atoms with Crippen molar-refractivity contribution in [3.8, 4) is 11.8 Å². The van der Waals surface area contributed by atoms with E-state index in [2.05, 4.69) is 37.9 Å². The van der Waals surface area contributed by atoms with Gasteiger partial charge in [-0.25, -0.2) is 0 Å². The fourth-order valence-corrected chi connectivity index (χ4v) is 1.05. The number of nitrogens with two attached hydrogens (primary N) is 1. The lowest BCUT2D eigenvalue weighted by Crippen LogP contribution is -2.52. The van der Waals surface area contributed by atoms with E-state index in [4.69, 9.17) is 5.73 Å². The smallest absolute Gasteiger partial charge is 0.0299 e. The number of hydrogen-bond donors (Lipinski definition) is 2. The zero-order valence-corrected chi connectivity index (χ0v) is 9.28. The quantitative estimate of drug-likeness (QED) is 0.498. The highest BCUT2D eigenvalue weighted by molar-refractivity contribution is 4.96. The molecular formula is C11H22N2. The molecule has 13 heavy (non-hydrogen) atoms. The molecule has 2 nitrogen and oxygen atoms in total. The van der Waals surface area contributed by atoms with Gasteiger partial charge in [0.05, 0.1) is 0 Å². The Kier molecular flexibility index (Phi) is 5.77. The third kappa shape index (κ3) is 4.31. The van der Waals surface area contributed by atoms with Gasteiger partial charge < -0.3 is 11.1 Å². The molecule has 0 saturated heterocycles. The van der Waals surface area contributed by atoms with E-state index in [1.807, 2.05) is 6.92 Å². The van der Waals surface area contributed by atoms with E-state index >= 15 is 0 Å². The van der Waals surface area contributed by atoms with E-state index in [9.17, 15) is 0 Å². The molecule has 0 rings (SSSR count). The van der Waals surface area contributed by atoms with Crippen LogP contribution in [0, 0.1) is 17.8 Å². The highest BCUT2D eigenvalue weighted by Crippen LogP contribution is 2.14. The molecule has 1 atom stereocenters. The second-order valence-corrected chi connectivity index (χ2v) is 3.88. The summed E-state index contributed by atoms with van der Waals surface area (Å²) in [5.74, 6) is 6.46. The molecule has 0 radical (unpaired) electrons. The van der Waals surface area contributed by atoms with Gasteiger partial charge in [0.15, 0.2) is 0 Å². The van der Waals surface area contributed by atoms with Gasteiger partial charge in [-0.1, -0.05) is 13.8 Å². The van der Waals surface area contributed by atoms with E-state index in [-0.39, 0.29) is 5.54 Å². The van der Waals surface area contributed by atoms with Crippen molar-refractivity contribution in [1.82, 2.24) is 5.32 Å². The summed E-state index contributed by atoms with van der Waals surface area (Å²) in [5, 5.41) is 3.45. The van der Waals surface area contributed by atoms with Gasteiger partial charge in [0.2, 0.25) is 0 Å². The molecule has 0 aromatic carbocycles. The predicted octanol–water partition coefficient (Wildman–Crippen LogP) is 1.36. The van der Waals surface area contributed by atoms with E-state index in [1.54, 1.807) is 0 Å². The summed E-state index contributed by atoms with van der Waals surface area (Å²) < 4.78 is 0. The molecule has 0 amide bonds. The maximum Gasteiger partial charge on any atom is 0.0299 e. The number of rotatable bonds is 5. The Morgan fingerprint density at radius 1 is 1.46 bits per heavy atom. The number of hydrogen-bond acceptors (Lipinski definition) is 2. The Morgan fingerprint density at radius 2 is 2.08 bits per heavy atom. The van der Waals surface area contributed by atoms with Crippen molar-refractivity contribution in [2.24, 2.45) is 11.7 Å². The Labute approximate surface area is 82.3 Å². The SMILES string of the molecule is CC#CCCNC(C)(CN)C(C)C. The Hall–Kier alpha value is -0.520. The monoisotopic (exact) mass is 182 g/mol. The average Bonchev–Trinajstić information content (AvgIpc) is 2.12. The van der Waals surface area contributed by atoms with E-state index in [1.165, 1.54) is 0 Å². The van der Waals surface area contributed by atoms with Crippen LogP contribution in [0.5, 0.6) is 0 Å². The minimum absolute atomic E-state index is 0.0510. The summed E-state index contributed by atoms with van der Waals surface area (Å²) in [5.41, 5.74) is 5.78. The standard InChI is InChI=1S/C11H22N2/c1-5-6-7-8-13-11(4,9-12)10(2)3/h10,13H,7-9,12H2,1-4H3. The first-order chi connectivity index (χ1) is 6.06. The summed E-state index contributed by atoms with van der Waals surface area (Å²) in [7, 11) is 0. The van der Waals surface area contributed by atoms with Crippen LogP contribution in [0.3, 0.4) is 0 Å². The van der Waals surface area contributed by atoms with E-state index in [0.29, 0.717) is 12.5 Å². The van der Waals surface area contributed by atoms with Crippen LogP contribution in [0.25, 0.3) is 0 Å². The Morgan fingerprint density at radius 3 is 2.46 bits per heavy atom. The van der Waals surface area contributed by atoms with Crippen molar-refractivity contribution in [1.29, 1.82) is 0 Å². The molecule has 0 aromatic heterocycles. The first kappa shape index (κ1) is 12.5. The van der Waals surface area contributed by atoms with Gasteiger partial charge in [-0.15, -0.1) is 11.8 Å². The van der Waals surface area contributed by atoms with Gasteiger partial charge in [-0.05, 0) is 19.8 Å². The molecule has 0 aliphatic heterocycles. The molecule has 0 saturated carbocycles. The van der Waals surface area contributed by atoms with Crippen LogP contribution in [0.4, 0.5) is 0 Å². The van der Waals surface area contributed by atoms with Gasteiger partial charge in [0.1, 0.15) is 0 Å². The van der Waals surface area contributed by atoms with Crippen molar-refractivity contribution in [3.63, 3.8) is 0 Å². The first-order valence-corrected chi connectivity index (χ1v) is 4.91. The van der Waals surface area contributed by atoms with Crippen LogP contribution in [0.1, 0.15) is 34.1 Å². The zero-order valence-electron chi connectivity index (χ0n) is 9.28. The zero-order chi connectivity index (χ0) is 10.3. The minimum Gasteiger partial charge on any atom is -0.329 e. The molecular weight excluding hydrogens is 160 g/mol. The minimum atomic E-state index is 0.0510. The fraction of sp³-hybridized carbons (Fsp3) is 0.818. The molecule has 0 fully saturated rings. The molecule has 2 heteroatoms. The molecule has 0 heterocycles. The number of nitrogens with one attached hydrogen (secondary N) is 1. The Balaban J connectivity index is 3.88. The van der Waals surface area contributed by atoms with Crippen molar-refractivity contribution < 1.29 is 0 Å². The van der Waals surface area contributed by atoms with Gasteiger partial charge in [0, 0.05) is 25.0 Å². The highest BCUT2D eigenvalue weighted by Gasteiger charge is 2.24. The lowest BCUT2D eigenvalue weighted by molar-refractivity contribution is 0.272. The molecule has 1 unspecified atom stereocenters.